The van der Waals surface area contributed by atoms with Crippen molar-refractivity contribution in [3.8, 4) is 5.75 Å². The molecule has 8 heteroatoms. The Kier molecular flexibility index (Phi) is 6.04. The Labute approximate surface area is 182 Å². The third-order valence-electron chi connectivity index (χ3n) is 4.70. The minimum absolute atomic E-state index is 0.0657. The topological polar surface area (TPSA) is 53.6 Å². The fourth-order valence-electron chi connectivity index (χ4n) is 3.24. The molecular weight excluding hydrogens is 424 g/mol. The lowest BCUT2D eigenvalue weighted by Gasteiger charge is -2.19. The van der Waals surface area contributed by atoms with E-state index in [1.807, 2.05) is 30.3 Å². The minimum atomic E-state index is -2.89. The number of halogens is 3. The number of hydrogen-bond acceptors (Lipinski definition) is 3. The van der Waals surface area contributed by atoms with Crippen LogP contribution in [0.5, 0.6) is 5.75 Å². The molecule has 2 N–H and O–H groups in total. The quantitative estimate of drug-likeness (QED) is 0.521. The molecule has 3 aromatic carbocycles. The monoisotopic (exact) mass is 441 g/mol. The average Bonchev–Trinajstić information content (AvgIpc) is 3.22. The van der Waals surface area contributed by atoms with E-state index in [0.717, 1.165) is 16.7 Å². The average molecular weight is 442 g/mol. The van der Waals surface area contributed by atoms with Crippen LogP contribution < -0.4 is 15.5 Å². The van der Waals surface area contributed by atoms with Gasteiger partial charge in [-0.1, -0.05) is 41.9 Å². The minimum Gasteiger partial charge on any atom is -0.435 e. The molecule has 0 saturated carbocycles. The number of anilines is 1. The molecule has 0 bridgehead atoms. The van der Waals surface area contributed by atoms with Crippen molar-refractivity contribution in [2.75, 3.05) is 11.9 Å². The van der Waals surface area contributed by atoms with Crippen LogP contribution in [0.1, 0.15) is 11.1 Å². The van der Waals surface area contributed by atoms with E-state index < -0.39 is 6.61 Å². The van der Waals surface area contributed by atoms with Gasteiger partial charge in [-0.25, -0.2) is 9.80 Å². The molecule has 5 nitrogen and oxygen atoms in total. The van der Waals surface area contributed by atoms with Crippen molar-refractivity contribution in [2.45, 2.75) is 6.61 Å². The third-order valence-corrected chi connectivity index (χ3v) is 4.95. The van der Waals surface area contributed by atoms with Gasteiger partial charge in [0.1, 0.15) is 5.75 Å². The zero-order chi connectivity index (χ0) is 21.8. The van der Waals surface area contributed by atoms with Crippen LogP contribution in [0.15, 0.2) is 78.9 Å². The summed E-state index contributed by atoms with van der Waals surface area (Å²) in [4.78, 5) is 12.8. The molecular formula is C23H18ClF2N3O2. The van der Waals surface area contributed by atoms with Crippen LogP contribution in [0.4, 0.5) is 19.3 Å². The standard InChI is InChI=1S/C23H18ClF2N3O2/c24-17-8-10-18(11-9-17)27-23(30)29-14-20(15-4-2-1-3-5-15)21(28-29)16-6-12-19(13-7-16)31-22(25)26/h1-13,22,28H,14H2,(H,27,30). The summed E-state index contributed by atoms with van der Waals surface area (Å²) >= 11 is 5.90. The summed E-state index contributed by atoms with van der Waals surface area (Å²) in [6.07, 6.45) is 0. The molecule has 3 aromatic rings. The summed E-state index contributed by atoms with van der Waals surface area (Å²) in [5, 5.41) is 4.85. The number of alkyl halides is 2. The maximum atomic E-state index is 12.8. The summed E-state index contributed by atoms with van der Waals surface area (Å²) in [5.74, 6) is 0.0657. The molecule has 0 aliphatic carbocycles. The first kappa shape index (κ1) is 20.7. The molecule has 0 fully saturated rings. The smallest absolute Gasteiger partial charge is 0.387 e. The van der Waals surface area contributed by atoms with E-state index in [4.69, 9.17) is 11.6 Å². The number of hydrazine groups is 1. The number of urea groups is 1. The van der Waals surface area contributed by atoms with Gasteiger partial charge in [-0.2, -0.15) is 8.78 Å². The van der Waals surface area contributed by atoms with Crippen molar-refractivity contribution in [1.29, 1.82) is 0 Å². The van der Waals surface area contributed by atoms with Gasteiger partial charge in [0.25, 0.3) is 0 Å². The first-order valence-corrected chi connectivity index (χ1v) is 9.82. The molecule has 0 radical (unpaired) electrons. The van der Waals surface area contributed by atoms with E-state index >= 15 is 0 Å². The maximum absolute atomic E-state index is 12.8. The first-order valence-electron chi connectivity index (χ1n) is 9.44. The molecule has 0 atom stereocenters. The van der Waals surface area contributed by atoms with Crippen molar-refractivity contribution in [3.63, 3.8) is 0 Å². The largest absolute Gasteiger partial charge is 0.435 e. The molecule has 1 heterocycles. The summed E-state index contributed by atoms with van der Waals surface area (Å²) in [6, 6.07) is 22.4. The summed E-state index contributed by atoms with van der Waals surface area (Å²) in [5.41, 5.74) is 7.03. The lowest BCUT2D eigenvalue weighted by atomic mass is 10.0. The van der Waals surface area contributed by atoms with Crippen molar-refractivity contribution in [1.82, 2.24) is 10.4 Å². The van der Waals surface area contributed by atoms with E-state index in [1.54, 1.807) is 36.4 Å². The fraction of sp³-hybridized carbons (Fsp3) is 0.0870. The summed E-state index contributed by atoms with van der Waals surface area (Å²) < 4.78 is 29.3. The Bertz CT molecular complexity index is 1090. The van der Waals surface area contributed by atoms with Crippen LogP contribution >= 0.6 is 11.6 Å². The van der Waals surface area contributed by atoms with Gasteiger partial charge in [0.15, 0.2) is 0 Å². The summed E-state index contributed by atoms with van der Waals surface area (Å²) in [6.45, 7) is -2.57. The Balaban J connectivity index is 1.59. The highest BCUT2D eigenvalue weighted by Crippen LogP contribution is 2.31. The number of ether oxygens (including phenoxy) is 1. The van der Waals surface area contributed by atoms with Crippen molar-refractivity contribution >= 4 is 34.6 Å². The predicted molar refractivity (Wildman–Crippen MR) is 117 cm³/mol. The summed E-state index contributed by atoms with van der Waals surface area (Å²) in [7, 11) is 0. The lowest BCUT2D eigenvalue weighted by Crippen LogP contribution is -2.40. The molecule has 0 unspecified atom stereocenters. The maximum Gasteiger partial charge on any atom is 0.387 e. The second-order valence-electron chi connectivity index (χ2n) is 6.76. The SMILES string of the molecule is O=C(Nc1ccc(Cl)cc1)N1CC(c2ccccc2)=C(c2ccc(OC(F)F)cc2)N1. The lowest BCUT2D eigenvalue weighted by molar-refractivity contribution is -0.0498. The zero-order valence-electron chi connectivity index (χ0n) is 16.2. The third kappa shape index (κ3) is 4.95. The number of carbonyl (C=O) groups excluding carboxylic acids is 1. The first-order chi connectivity index (χ1) is 15.0. The number of benzene rings is 3. The van der Waals surface area contributed by atoms with Gasteiger partial charge in [-0.15, -0.1) is 0 Å². The van der Waals surface area contributed by atoms with Crippen LogP contribution in [-0.2, 0) is 0 Å². The van der Waals surface area contributed by atoms with E-state index in [0.29, 0.717) is 23.0 Å². The fourth-order valence-corrected chi connectivity index (χ4v) is 3.37. The molecule has 0 aromatic heterocycles. The van der Waals surface area contributed by atoms with Gasteiger partial charge >= 0.3 is 12.6 Å². The van der Waals surface area contributed by atoms with Crippen LogP contribution in [0.2, 0.25) is 5.02 Å². The van der Waals surface area contributed by atoms with E-state index in [9.17, 15) is 13.6 Å². The molecule has 0 saturated heterocycles. The van der Waals surface area contributed by atoms with E-state index in [-0.39, 0.29) is 11.8 Å². The van der Waals surface area contributed by atoms with Gasteiger partial charge in [-0.3, -0.25) is 5.43 Å². The van der Waals surface area contributed by atoms with Gasteiger partial charge < -0.3 is 10.1 Å². The van der Waals surface area contributed by atoms with Crippen LogP contribution in [0, 0.1) is 0 Å². The van der Waals surface area contributed by atoms with Gasteiger partial charge in [-0.05, 0) is 54.1 Å². The van der Waals surface area contributed by atoms with E-state index in [1.165, 1.54) is 17.1 Å². The van der Waals surface area contributed by atoms with E-state index in [2.05, 4.69) is 15.5 Å². The number of amides is 2. The Morgan fingerprint density at radius 1 is 0.968 bits per heavy atom. The highest BCUT2D eigenvalue weighted by atomic mass is 35.5. The van der Waals surface area contributed by atoms with Crippen LogP contribution in [-0.4, -0.2) is 24.2 Å². The zero-order valence-corrected chi connectivity index (χ0v) is 16.9. The van der Waals surface area contributed by atoms with Crippen LogP contribution in [0.25, 0.3) is 11.3 Å². The number of rotatable bonds is 5. The van der Waals surface area contributed by atoms with Crippen molar-refractivity contribution < 1.29 is 18.3 Å². The molecule has 158 valence electrons. The molecule has 31 heavy (non-hydrogen) atoms. The molecule has 4 rings (SSSR count). The number of nitrogens with zero attached hydrogens (tertiary/aromatic N) is 1. The normalized spacial score (nSPS) is 13.4. The van der Waals surface area contributed by atoms with Gasteiger partial charge in [0.05, 0.1) is 12.2 Å². The second kappa shape index (κ2) is 9.06. The van der Waals surface area contributed by atoms with Crippen molar-refractivity contribution in [3.05, 3.63) is 95.0 Å². The Hall–Kier alpha value is -3.58. The number of nitrogens with one attached hydrogen (secondary N) is 2. The highest BCUT2D eigenvalue weighted by Gasteiger charge is 2.27. The highest BCUT2D eigenvalue weighted by molar-refractivity contribution is 6.30. The van der Waals surface area contributed by atoms with Gasteiger partial charge in [0, 0.05) is 21.8 Å². The molecule has 1 aliphatic rings. The van der Waals surface area contributed by atoms with Gasteiger partial charge in [0.2, 0.25) is 0 Å². The molecule has 1 aliphatic heterocycles. The Morgan fingerprint density at radius 2 is 1.65 bits per heavy atom. The number of carbonyl (C=O) groups is 1. The predicted octanol–water partition coefficient (Wildman–Crippen LogP) is 5.86. The molecule has 2 amide bonds. The van der Waals surface area contributed by atoms with Crippen LogP contribution in [0.3, 0.4) is 0 Å². The van der Waals surface area contributed by atoms with Crippen molar-refractivity contribution in [2.24, 2.45) is 0 Å². The Morgan fingerprint density at radius 3 is 2.29 bits per heavy atom. The molecule has 0 spiro atoms. The second-order valence-corrected chi connectivity index (χ2v) is 7.19. The number of hydrogen-bond donors (Lipinski definition) is 2.